The molecule has 0 amide bonds. The molecule has 3 aromatic heterocycles. The molecule has 2 atom stereocenters. The molecule has 31 heavy (non-hydrogen) atoms. The molecule has 8 heteroatoms. The van der Waals surface area contributed by atoms with Gasteiger partial charge in [0.1, 0.15) is 17.3 Å². The number of H-pyrrole nitrogens is 1. The number of hydrogen-bond donors (Lipinski definition) is 2. The van der Waals surface area contributed by atoms with E-state index in [1.165, 1.54) is 6.07 Å². The lowest BCUT2D eigenvalue weighted by Gasteiger charge is -2.46. The van der Waals surface area contributed by atoms with Crippen LogP contribution in [0.1, 0.15) is 31.4 Å². The van der Waals surface area contributed by atoms with Crippen LogP contribution in [0, 0.1) is 41.9 Å². The molecule has 0 radical (unpaired) electrons. The SMILES string of the molecule is [C-]#[N+]c1cc(F)c(C[C@@H]2C3CCC(CC3)[C@H]2C(=O)O)nc1-c1c[nH]c2ncc(F)cc12. The van der Waals surface area contributed by atoms with Gasteiger partial charge in [0.05, 0.1) is 30.1 Å². The lowest BCUT2D eigenvalue weighted by Crippen LogP contribution is -2.45. The van der Waals surface area contributed by atoms with Crippen LogP contribution in [0.25, 0.3) is 27.1 Å². The number of pyridine rings is 2. The molecule has 3 heterocycles. The number of nitrogens with zero attached hydrogens (tertiary/aromatic N) is 3. The van der Waals surface area contributed by atoms with E-state index in [0.717, 1.165) is 37.9 Å². The summed E-state index contributed by atoms with van der Waals surface area (Å²) in [6.45, 7) is 7.45. The monoisotopic (exact) mass is 422 g/mol. The minimum absolute atomic E-state index is 0.0198. The zero-order valence-electron chi connectivity index (χ0n) is 16.6. The third-order valence-electron chi connectivity index (χ3n) is 7.01. The Balaban J connectivity index is 1.58. The molecule has 2 bridgehead atoms. The van der Waals surface area contributed by atoms with Crippen molar-refractivity contribution in [2.75, 3.05) is 0 Å². The van der Waals surface area contributed by atoms with Crippen LogP contribution in [0.2, 0.25) is 0 Å². The summed E-state index contributed by atoms with van der Waals surface area (Å²) >= 11 is 0. The van der Waals surface area contributed by atoms with E-state index in [1.807, 2.05) is 0 Å². The number of carboxylic acid groups (broad SMARTS) is 1. The first-order valence-electron chi connectivity index (χ1n) is 10.4. The zero-order chi connectivity index (χ0) is 21.7. The van der Waals surface area contributed by atoms with Crippen LogP contribution in [0.15, 0.2) is 24.5 Å². The second-order valence-electron chi connectivity index (χ2n) is 8.56. The highest BCUT2D eigenvalue weighted by atomic mass is 19.1. The van der Waals surface area contributed by atoms with Gasteiger partial charge < -0.3 is 10.1 Å². The molecule has 0 saturated heterocycles. The maximum Gasteiger partial charge on any atom is 0.307 e. The molecule has 6 nitrogen and oxygen atoms in total. The summed E-state index contributed by atoms with van der Waals surface area (Å²) < 4.78 is 28.7. The Bertz CT molecular complexity index is 1220. The number of rotatable bonds is 4. The highest BCUT2D eigenvalue weighted by molar-refractivity contribution is 5.95. The van der Waals surface area contributed by atoms with Crippen LogP contribution in [-0.4, -0.2) is 26.0 Å². The van der Waals surface area contributed by atoms with Crippen molar-refractivity contribution in [3.8, 4) is 11.3 Å². The third kappa shape index (κ3) is 3.25. The molecule has 0 aliphatic heterocycles. The Hall–Kier alpha value is -3.34. The largest absolute Gasteiger partial charge is 0.481 e. The van der Waals surface area contributed by atoms with E-state index in [0.29, 0.717) is 16.6 Å². The Morgan fingerprint density at radius 3 is 2.68 bits per heavy atom. The minimum Gasteiger partial charge on any atom is -0.481 e. The van der Waals surface area contributed by atoms with Gasteiger partial charge in [-0.05, 0) is 62.0 Å². The van der Waals surface area contributed by atoms with E-state index >= 15 is 0 Å². The highest BCUT2D eigenvalue weighted by Gasteiger charge is 2.47. The number of aromatic amines is 1. The van der Waals surface area contributed by atoms with Crippen LogP contribution >= 0.6 is 0 Å². The summed E-state index contributed by atoms with van der Waals surface area (Å²) in [5.74, 6) is -2.27. The molecule has 3 aliphatic carbocycles. The van der Waals surface area contributed by atoms with Gasteiger partial charge in [0.25, 0.3) is 0 Å². The van der Waals surface area contributed by atoms with Crippen LogP contribution < -0.4 is 0 Å². The predicted molar refractivity (Wildman–Crippen MR) is 109 cm³/mol. The molecule has 0 aromatic carbocycles. The number of aromatic nitrogens is 3. The van der Waals surface area contributed by atoms with Crippen LogP contribution in [0.5, 0.6) is 0 Å². The van der Waals surface area contributed by atoms with E-state index in [4.69, 9.17) is 6.57 Å². The van der Waals surface area contributed by atoms with Gasteiger partial charge >= 0.3 is 5.97 Å². The van der Waals surface area contributed by atoms with Crippen LogP contribution in [-0.2, 0) is 11.2 Å². The van der Waals surface area contributed by atoms with Gasteiger partial charge in [-0.25, -0.2) is 18.6 Å². The molecule has 158 valence electrons. The third-order valence-corrected chi connectivity index (χ3v) is 7.01. The Labute approximate surface area is 177 Å². The fourth-order valence-electron chi connectivity index (χ4n) is 5.59. The lowest BCUT2D eigenvalue weighted by molar-refractivity contribution is -0.152. The fourth-order valence-corrected chi connectivity index (χ4v) is 5.59. The number of carboxylic acids is 1. The molecule has 6 rings (SSSR count). The van der Waals surface area contributed by atoms with Gasteiger partial charge in [-0.1, -0.05) is 0 Å². The van der Waals surface area contributed by atoms with E-state index in [1.54, 1.807) is 6.20 Å². The summed E-state index contributed by atoms with van der Waals surface area (Å²) in [6.07, 6.45) is 6.62. The second-order valence-corrected chi connectivity index (χ2v) is 8.56. The Kier molecular flexibility index (Phi) is 4.69. The molecule has 3 aliphatic rings. The van der Waals surface area contributed by atoms with E-state index in [9.17, 15) is 18.7 Å². The normalized spacial score (nSPS) is 24.9. The molecular formula is C23H20F2N4O2. The molecule has 3 saturated carbocycles. The average molecular weight is 422 g/mol. The van der Waals surface area contributed by atoms with Crippen molar-refractivity contribution in [2.24, 2.45) is 23.7 Å². The minimum atomic E-state index is -0.823. The molecule has 3 aromatic rings. The van der Waals surface area contributed by atoms with Gasteiger partial charge in [-0.2, -0.15) is 0 Å². The quantitative estimate of drug-likeness (QED) is 0.571. The van der Waals surface area contributed by atoms with Crippen molar-refractivity contribution >= 4 is 22.7 Å². The smallest absolute Gasteiger partial charge is 0.307 e. The van der Waals surface area contributed by atoms with Crippen molar-refractivity contribution < 1.29 is 18.7 Å². The maximum absolute atomic E-state index is 14.9. The topological polar surface area (TPSA) is 83.2 Å². The van der Waals surface area contributed by atoms with E-state index in [-0.39, 0.29) is 41.2 Å². The van der Waals surface area contributed by atoms with Crippen molar-refractivity contribution in [1.82, 2.24) is 15.0 Å². The summed E-state index contributed by atoms with van der Waals surface area (Å²) in [6, 6.07) is 2.44. The number of fused-ring (bicyclic) bond motifs is 4. The number of carbonyl (C=O) groups is 1. The van der Waals surface area contributed by atoms with E-state index in [2.05, 4.69) is 19.8 Å². The van der Waals surface area contributed by atoms with Gasteiger partial charge in [-0.15, -0.1) is 0 Å². The number of halogens is 2. The van der Waals surface area contributed by atoms with Gasteiger partial charge in [0.15, 0.2) is 0 Å². The number of aliphatic carboxylic acids is 1. The summed E-state index contributed by atoms with van der Waals surface area (Å²) in [7, 11) is 0. The average Bonchev–Trinajstić information content (AvgIpc) is 3.18. The molecule has 0 spiro atoms. The standard InChI is InChI=1S/C23H20F2N4O2/c1-26-19-8-17(25)18(7-14-11-2-4-12(5-3-11)20(14)23(30)31)29-21(19)16-10-28-22-15(16)6-13(24)9-27-22/h6,8-12,14,20H,2-5,7H2,(H,27,28)(H,30,31)/t11?,12?,14-,20-/m1/s1. The van der Waals surface area contributed by atoms with Crippen molar-refractivity contribution in [3.63, 3.8) is 0 Å². The Morgan fingerprint density at radius 1 is 1.23 bits per heavy atom. The van der Waals surface area contributed by atoms with Crippen LogP contribution in [0.3, 0.4) is 0 Å². The van der Waals surface area contributed by atoms with Crippen LogP contribution in [0.4, 0.5) is 14.5 Å². The molecular weight excluding hydrogens is 402 g/mol. The maximum atomic E-state index is 14.9. The first kappa shape index (κ1) is 19.6. The second kappa shape index (κ2) is 7.41. The van der Waals surface area contributed by atoms with Crippen molar-refractivity contribution in [1.29, 1.82) is 0 Å². The summed E-state index contributed by atoms with van der Waals surface area (Å²) in [5.41, 5.74) is 1.33. The van der Waals surface area contributed by atoms with Gasteiger partial charge in [-0.3, -0.25) is 9.78 Å². The summed E-state index contributed by atoms with van der Waals surface area (Å²) in [5, 5.41) is 10.3. The molecule has 0 unspecified atom stereocenters. The van der Waals surface area contributed by atoms with Gasteiger partial charge in [0, 0.05) is 17.1 Å². The van der Waals surface area contributed by atoms with Gasteiger partial charge in [0.2, 0.25) is 5.69 Å². The van der Waals surface area contributed by atoms with Crippen molar-refractivity contribution in [3.05, 3.63) is 53.3 Å². The first-order valence-corrected chi connectivity index (χ1v) is 10.4. The Morgan fingerprint density at radius 2 is 1.97 bits per heavy atom. The molecule has 3 fully saturated rings. The lowest BCUT2D eigenvalue weighted by atomic mass is 9.57. The highest BCUT2D eigenvalue weighted by Crippen LogP contribution is 2.50. The zero-order valence-corrected chi connectivity index (χ0v) is 16.6. The number of hydrogen-bond acceptors (Lipinski definition) is 3. The first-order chi connectivity index (χ1) is 15.0. The predicted octanol–water partition coefficient (Wildman–Crippen LogP) is 5.13. The van der Waals surface area contributed by atoms with E-state index < -0.39 is 23.5 Å². The fraction of sp³-hybridized carbons (Fsp3) is 0.391. The van der Waals surface area contributed by atoms with Crippen molar-refractivity contribution in [2.45, 2.75) is 32.1 Å². The number of nitrogens with one attached hydrogen (secondary N) is 1. The summed E-state index contributed by atoms with van der Waals surface area (Å²) in [4.78, 5) is 26.8. The molecule has 2 N–H and O–H groups in total.